The van der Waals surface area contributed by atoms with Gasteiger partial charge in [-0.3, -0.25) is 0 Å². The smallest absolute Gasteiger partial charge is 0.0377 e. The highest BCUT2D eigenvalue weighted by atomic mass is 14.9. The molecule has 1 aromatic carbocycles. The largest absolute Gasteiger partial charge is 0.399 e. The molecular weight excluding hydrogens is 160 g/mol. The topological polar surface area (TPSA) is 38.0 Å². The molecule has 1 aliphatic heterocycles. The second-order valence-corrected chi connectivity index (χ2v) is 3.71. The fourth-order valence-corrected chi connectivity index (χ4v) is 2.03. The highest BCUT2D eigenvalue weighted by molar-refractivity contribution is 5.62. The van der Waals surface area contributed by atoms with Crippen molar-refractivity contribution in [3.63, 3.8) is 0 Å². The average molecular weight is 176 g/mol. The number of anilines is 2. The van der Waals surface area contributed by atoms with Crippen molar-refractivity contribution in [1.29, 1.82) is 0 Å². The Kier molecular flexibility index (Phi) is 2.13. The summed E-state index contributed by atoms with van der Waals surface area (Å²) in [6.07, 6.45) is 2.49. The summed E-state index contributed by atoms with van der Waals surface area (Å²) in [5.41, 5.74) is 9.32. The minimum atomic E-state index is 0.670. The van der Waals surface area contributed by atoms with Crippen LogP contribution in [-0.4, -0.2) is 6.54 Å². The van der Waals surface area contributed by atoms with E-state index < -0.39 is 0 Å². The van der Waals surface area contributed by atoms with Gasteiger partial charge in [0.2, 0.25) is 0 Å². The van der Waals surface area contributed by atoms with E-state index >= 15 is 0 Å². The molecule has 2 heteroatoms. The minimum Gasteiger partial charge on any atom is -0.399 e. The van der Waals surface area contributed by atoms with Crippen LogP contribution in [-0.2, 0) is 0 Å². The molecule has 0 saturated carbocycles. The van der Waals surface area contributed by atoms with E-state index in [1.165, 1.54) is 24.1 Å². The van der Waals surface area contributed by atoms with Crippen LogP contribution in [0.4, 0.5) is 11.4 Å². The number of hydrogen-bond acceptors (Lipinski definition) is 2. The third kappa shape index (κ3) is 1.48. The first-order valence-electron chi connectivity index (χ1n) is 4.94. The van der Waals surface area contributed by atoms with Gasteiger partial charge < -0.3 is 11.1 Å². The van der Waals surface area contributed by atoms with Gasteiger partial charge >= 0.3 is 0 Å². The molecule has 1 atom stereocenters. The molecule has 1 aliphatic rings. The fraction of sp³-hybridized carbons (Fsp3) is 0.455. The highest BCUT2D eigenvalue weighted by Crippen LogP contribution is 2.35. The van der Waals surface area contributed by atoms with Crippen molar-refractivity contribution in [1.82, 2.24) is 0 Å². The number of benzene rings is 1. The van der Waals surface area contributed by atoms with Crippen molar-refractivity contribution in [2.75, 3.05) is 17.6 Å². The van der Waals surface area contributed by atoms with Crippen LogP contribution in [0.15, 0.2) is 18.2 Å². The molecule has 0 saturated heterocycles. The molecule has 0 spiro atoms. The van der Waals surface area contributed by atoms with Crippen LogP contribution < -0.4 is 11.1 Å². The van der Waals surface area contributed by atoms with Gasteiger partial charge in [0, 0.05) is 23.8 Å². The van der Waals surface area contributed by atoms with Crippen molar-refractivity contribution in [2.24, 2.45) is 0 Å². The molecule has 0 aliphatic carbocycles. The molecule has 70 valence electrons. The summed E-state index contributed by atoms with van der Waals surface area (Å²) in [7, 11) is 0. The third-order valence-electron chi connectivity index (χ3n) is 2.69. The van der Waals surface area contributed by atoms with E-state index in [1.54, 1.807) is 0 Å². The van der Waals surface area contributed by atoms with E-state index in [-0.39, 0.29) is 0 Å². The van der Waals surface area contributed by atoms with Gasteiger partial charge in [-0.2, -0.15) is 0 Å². The summed E-state index contributed by atoms with van der Waals surface area (Å²) in [4.78, 5) is 0. The van der Waals surface area contributed by atoms with E-state index in [0.717, 1.165) is 12.2 Å². The van der Waals surface area contributed by atoms with Gasteiger partial charge in [-0.05, 0) is 30.2 Å². The van der Waals surface area contributed by atoms with Crippen LogP contribution in [0, 0.1) is 0 Å². The normalized spacial score (nSPS) is 19.6. The van der Waals surface area contributed by atoms with Gasteiger partial charge in [-0.25, -0.2) is 0 Å². The van der Waals surface area contributed by atoms with Crippen LogP contribution in [0.3, 0.4) is 0 Å². The minimum absolute atomic E-state index is 0.670. The van der Waals surface area contributed by atoms with E-state index in [1.807, 2.05) is 6.07 Å². The van der Waals surface area contributed by atoms with E-state index in [0.29, 0.717) is 5.92 Å². The summed E-state index contributed by atoms with van der Waals surface area (Å²) in [5, 5.41) is 3.41. The number of rotatable bonds is 2. The lowest BCUT2D eigenvalue weighted by atomic mass is 9.96. The van der Waals surface area contributed by atoms with Crippen molar-refractivity contribution >= 4 is 11.4 Å². The predicted molar refractivity (Wildman–Crippen MR) is 57.0 cm³/mol. The Morgan fingerprint density at radius 2 is 2.38 bits per heavy atom. The second kappa shape index (κ2) is 3.29. The van der Waals surface area contributed by atoms with Gasteiger partial charge in [-0.15, -0.1) is 0 Å². The second-order valence-electron chi connectivity index (χ2n) is 3.71. The lowest BCUT2D eigenvalue weighted by Gasteiger charge is -2.08. The maximum atomic E-state index is 5.76. The van der Waals surface area contributed by atoms with Gasteiger partial charge in [0.1, 0.15) is 0 Å². The quantitative estimate of drug-likeness (QED) is 0.680. The molecule has 0 fully saturated rings. The average Bonchev–Trinajstić information content (AvgIpc) is 2.49. The first-order chi connectivity index (χ1) is 6.31. The Morgan fingerprint density at radius 3 is 3.15 bits per heavy atom. The number of nitrogens with two attached hydrogens (primary N) is 1. The van der Waals surface area contributed by atoms with Gasteiger partial charge in [0.15, 0.2) is 0 Å². The van der Waals surface area contributed by atoms with Crippen molar-refractivity contribution < 1.29 is 0 Å². The predicted octanol–water partition coefficient (Wildman–Crippen LogP) is 2.58. The lowest BCUT2D eigenvalue weighted by Crippen LogP contribution is -2.00. The molecule has 13 heavy (non-hydrogen) atoms. The molecule has 0 radical (unpaired) electrons. The molecule has 2 nitrogen and oxygen atoms in total. The van der Waals surface area contributed by atoms with Crippen molar-refractivity contribution in [2.45, 2.75) is 25.7 Å². The Balaban J connectivity index is 2.29. The summed E-state index contributed by atoms with van der Waals surface area (Å²) in [6.45, 7) is 3.30. The summed E-state index contributed by atoms with van der Waals surface area (Å²) < 4.78 is 0. The van der Waals surface area contributed by atoms with Crippen LogP contribution in [0.2, 0.25) is 0 Å². The molecule has 0 amide bonds. The SMILES string of the molecule is CCCC1CNc2ccc(N)cc21. The van der Waals surface area contributed by atoms with Crippen molar-refractivity contribution in [3.05, 3.63) is 23.8 Å². The van der Waals surface area contributed by atoms with Crippen LogP contribution in [0.25, 0.3) is 0 Å². The molecular formula is C11H16N2. The first kappa shape index (κ1) is 8.42. The van der Waals surface area contributed by atoms with E-state index in [9.17, 15) is 0 Å². The fourth-order valence-electron chi connectivity index (χ4n) is 2.03. The number of nitrogen functional groups attached to an aromatic ring is 1. The zero-order valence-corrected chi connectivity index (χ0v) is 8.01. The van der Waals surface area contributed by atoms with Gasteiger partial charge in [0.05, 0.1) is 0 Å². The van der Waals surface area contributed by atoms with Gasteiger partial charge in [-0.1, -0.05) is 13.3 Å². The molecule has 1 unspecified atom stereocenters. The molecule has 0 aromatic heterocycles. The third-order valence-corrected chi connectivity index (χ3v) is 2.69. The van der Waals surface area contributed by atoms with Crippen LogP contribution >= 0.6 is 0 Å². The van der Waals surface area contributed by atoms with E-state index in [4.69, 9.17) is 5.73 Å². The zero-order valence-electron chi connectivity index (χ0n) is 8.01. The molecule has 1 aromatic rings. The Morgan fingerprint density at radius 1 is 1.54 bits per heavy atom. The van der Waals surface area contributed by atoms with Crippen LogP contribution in [0.5, 0.6) is 0 Å². The lowest BCUT2D eigenvalue weighted by molar-refractivity contribution is 0.661. The number of nitrogens with one attached hydrogen (secondary N) is 1. The molecule has 2 rings (SSSR count). The molecule has 0 bridgehead atoms. The molecule has 1 heterocycles. The summed E-state index contributed by atoms with van der Waals surface area (Å²) >= 11 is 0. The Hall–Kier alpha value is -1.18. The van der Waals surface area contributed by atoms with Crippen molar-refractivity contribution in [3.8, 4) is 0 Å². The zero-order chi connectivity index (χ0) is 9.26. The summed E-state index contributed by atoms with van der Waals surface area (Å²) in [6, 6.07) is 6.15. The van der Waals surface area contributed by atoms with Gasteiger partial charge in [0.25, 0.3) is 0 Å². The Labute approximate surface area is 79.1 Å². The molecule has 3 N–H and O–H groups in total. The Bertz CT molecular complexity index is 305. The highest BCUT2D eigenvalue weighted by Gasteiger charge is 2.20. The summed E-state index contributed by atoms with van der Waals surface area (Å²) in [5.74, 6) is 0.670. The standard InChI is InChI=1S/C11H16N2/c1-2-3-8-7-13-11-5-4-9(12)6-10(8)11/h4-6,8,13H,2-3,7,12H2,1H3. The van der Waals surface area contributed by atoms with E-state index in [2.05, 4.69) is 24.4 Å². The number of fused-ring (bicyclic) bond motifs is 1. The maximum Gasteiger partial charge on any atom is 0.0377 e. The maximum absolute atomic E-state index is 5.76. The van der Waals surface area contributed by atoms with Crippen LogP contribution in [0.1, 0.15) is 31.2 Å². The monoisotopic (exact) mass is 176 g/mol. The first-order valence-corrected chi connectivity index (χ1v) is 4.94. The number of hydrogen-bond donors (Lipinski definition) is 2.